The lowest BCUT2D eigenvalue weighted by Crippen LogP contribution is -2.21. The smallest absolute Gasteiger partial charge is 0.373 e. The van der Waals surface area contributed by atoms with Crippen molar-refractivity contribution in [2.45, 2.75) is 26.4 Å². The molecule has 0 radical (unpaired) electrons. The molecule has 1 aromatic carbocycles. The van der Waals surface area contributed by atoms with Crippen LogP contribution in [0.1, 0.15) is 31.1 Å². The fourth-order valence-corrected chi connectivity index (χ4v) is 0.928. The summed E-state index contributed by atoms with van der Waals surface area (Å²) >= 11 is 0. The van der Waals surface area contributed by atoms with Crippen LogP contribution in [0.15, 0.2) is 42.5 Å². The van der Waals surface area contributed by atoms with Crippen LogP contribution in [0, 0.1) is 0 Å². The standard InChI is InChI=1S/C11H14O3.C4H4O4/c1-11(2,3)14-13-10(12)9-7-5-4-6-8-9;5-3(6)1-2-4(7)8/h4-8H,1-3H3;1-2H,(H,5,6)(H,7,8)/b;2-1-. The molecule has 0 fully saturated rings. The van der Waals surface area contributed by atoms with Gasteiger partial charge in [-0.3, -0.25) is 4.89 Å². The molecule has 1 aromatic rings. The third kappa shape index (κ3) is 11.2. The minimum atomic E-state index is -1.26. The van der Waals surface area contributed by atoms with E-state index in [1.165, 1.54) is 0 Å². The molecule has 0 saturated carbocycles. The van der Waals surface area contributed by atoms with E-state index >= 15 is 0 Å². The number of benzene rings is 1. The highest BCUT2D eigenvalue weighted by molar-refractivity contribution is 5.89. The SMILES string of the molecule is CC(C)(C)OOC(=O)c1ccccc1.O=C(O)/C=C\C(=O)O. The largest absolute Gasteiger partial charge is 0.478 e. The third-order valence-corrected chi connectivity index (χ3v) is 1.75. The van der Waals surface area contributed by atoms with Crippen LogP contribution >= 0.6 is 0 Å². The Hall–Kier alpha value is -2.67. The summed E-state index contributed by atoms with van der Waals surface area (Å²) in [6, 6.07) is 8.73. The highest BCUT2D eigenvalue weighted by Crippen LogP contribution is 2.09. The van der Waals surface area contributed by atoms with E-state index in [-0.39, 0.29) is 0 Å². The Morgan fingerprint density at radius 1 is 0.955 bits per heavy atom. The van der Waals surface area contributed by atoms with Crippen LogP contribution in [0.5, 0.6) is 0 Å². The van der Waals surface area contributed by atoms with Gasteiger partial charge in [0.05, 0.1) is 5.56 Å². The number of carbonyl (C=O) groups excluding carboxylic acids is 1. The predicted octanol–water partition coefficient (Wildman–Crippen LogP) is 2.29. The number of hydrogen-bond donors (Lipinski definition) is 2. The molecule has 0 bridgehead atoms. The Morgan fingerprint density at radius 2 is 1.41 bits per heavy atom. The van der Waals surface area contributed by atoms with E-state index in [0.717, 1.165) is 0 Å². The fraction of sp³-hybridized carbons (Fsp3) is 0.267. The molecule has 120 valence electrons. The van der Waals surface area contributed by atoms with Gasteiger partial charge in [0.1, 0.15) is 5.60 Å². The van der Waals surface area contributed by atoms with Crippen molar-refractivity contribution in [1.82, 2.24) is 0 Å². The highest BCUT2D eigenvalue weighted by Gasteiger charge is 2.15. The second-order valence-corrected chi connectivity index (χ2v) is 4.94. The van der Waals surface area contributed by atoms with E-state index in [1.807, 2.05) is 26.8 Å². The quantitative estimate of drug-likeness (QED) is 0.498. The summed E-state index contributed by atoms with van der Waals surface area (Å²) in [6.07, 6.45) is 1.12. The van der Waals surface area contributed by atoms with Crippen LogP contribution < -0.4 is 0 Å². The molecule has 0 aliphatic heterocycles. The van der Waals surface area contributed by atoms with Crippen molar-refractivity contribution in [2.24, 2.45) is 0 Å². The second kappa shape index (κ2) is 9.30. The third-order valence-electron chi connectivity index (χ3n) is 1.75. The lowest BCUT2D eigenvalue weighted by Gasteiger charge is -2.16. The van der Waals surface area contributed by atoms with Crippen molar-refractivity contribution in [3.05, 3.63) is 48.0 Å². The van der Waals surface area contributed by atoms with Crippen molar-refractivity contribution >= 4 is 17.9 Å². The van der Waals surface area contributed by atoms with E-state index < -0.39 is 23.5 Å². The summed E-state index contributed by atoms with van der Waals surface area (Å²) < 4.78 is 0. The normalized spacial score (nSPS) is 10.5. The molecule has 0 aliphatic rings. The van der Waals surface area contributed by atoms with Gasteiger partial charge in [0, 0.05) is 12.2 Å². The van der Waals surface area contributed by atoms with Crippen molar-refractivity contribution < 1.29 is 34.4 Å². The van der Waals surface area contributed by atoms with Crippen LogP contribution in [0.25, 0.3) is 0 Å². The monoisotopic (exact) mass is 310 g/mol. The van der Waals surface area contributed by atoms with Gasteiger partial charge in [-0.25, -0.2) is 14.4 Å². The molecule has 2 N–H and O–H groups in total. The summed E-state index contributed by atoms with van der Waals surface area (Å²) in [4.78, 5) is 40.0. The molecule has 0 spiro atoms. The maximum atomic E-state index is 11.3. The zero-order valence-electron chi connectivity index (χ0n) is 12.5. The minimum absolute atomic E-state index is 0.472. The molecule has 1 rings (SSSR count). The Bertz CT molecular complexity index is 511. The molecule has 0 amide bonds. The Balaban J connectivity index is 0.000000472. The topological polar surface area (TPSA) is 110 Å². The van der Waals surface area contributed by atoms with Gasteiger partial charge in [-0.05, 0) is 32.9 Å². The number of carbonyl (C=O) groups is 3. The van der Waals surface area contributed by atoms with Gasteiger partial charge in [0.25, 0.3) is 0 Å². The van der Waals surface area contributed by atoms with Crippen LogP contribution in [0.4, 0.5) is 0 Å². The van der Waals surface area contributed by atoms with Gasteiger partial charge >= 0.3 is 17.9 Å². The van der Waals surface area contributed by atoms with Crippen molar-refractivity contribution in [3.8, 4) is 0 Å². The summed E-state index contributed by atoms with van der Waals surface area (Å²) in [5.41, 5.74) is 0.00140. The Labute approximate surface area is 127 Å². The number of aliphatic carboxylic acids is 2. The van der Waals surface area contributed by atoms with Gasteiger partial charge in [0.2, 0.25) is 0 Å². The van der Waals surface area contributed by atoms with E-state index in [9.17, 15) is 14.4 Å². The second-order valence-electron chi connectivity index (χ2n) is 4.94. The number of rotatable bonds is 4. The van der Waals surface area contributed by atoms with Gasteiger partial charge in [-0.15, -0.1) is 0 Å². The molecule has 0 saturated heterocycles. The summed E-state index contributed by atoms with van der Waals surface area (Å²) in [7, 11) is 0. The molecule has 0 unspecified atom stereocenters. The van der Waals surface area contributed by atoms with Crippen LogP contribution in [-0.4, -0.2) is 33.7 Å². The first-order valence-corrected chi connectivity index (χ1v) is 6.21. The van der Waals surface area contributed by atoms with Gasteiger partial charge < -0.3 is 10.2 Å². The first-order chi connectivity index (χ1) is 10.1. The maximum Gasteiger partial charge on any atom is 0.373 e. The fourth-order valence-electron chi connectivity index (χ4n) is 0.928. The number of carboxylic acid groups (broad SMARTS) is 2. The molecule has 7 nitrogen and oxygen atoms in total. The van der Waals surface area contributed by atoms with Crippen LogP contribution in [-0.2, 0) is 19.4 Å². The van der Waals surface area contributed by atoms with Crippen molar-refractivity contribution in [3.63, 3.8) is 0 Å². The molecule has 7 heteroatoms. The maximum absolute atomic E-state index is 11.3. The van der Waals surface area contributed by atoms with Gasteiger partial charge in [0.15, 0.2) is 0 Å². The first kappa shape index (κ1) is 19.3. The average molecular weight is 310 g/mol. The predicted molar refractivity (Wildman–Crippen MR) is 77.1 cm³/mol. The van der Waals surface area contributed by atoms with E-state index in [2.05, 4.69) is 4.89 Å². The van der Waals surface area contributed by atoms with Gasteiger partial charge in [-0.2, -0.15) is 4.89 Å². The first-order valence-electron chi connectivity index (χ1n) is 6.21. The summed E-state index contributed by atoms with van der Waals surface area (Å²) in [5.74, 6) is -2.99. The number of carboxylic acids is 2. The number of hydrogen-bond acceptors (Lipinski definition) is 5. The minimum Gasteiger partial charge on any atom is -0.478 e. The lowest BCUT2D eigenvalue weighted by molar-refractivity contribution is -0.301. The zero-order valence-corrected chi connectivity index (χ0v) is 12.5. The Morgan fingerprint density at radius 3 is 1.77 bits per heavy atom. The van der Waals surface area contributed by atoms with Crippen LogP contribution in [0.2, 0.25) is 0 Å². The van der Waals surface area contributed by atoms with Crippen molar-refractivity contribution in [1.29, 1.82) is 0 Å². The molecule has 22 heavy (non-hydrogen) atoms. The highest BCUT2D eigenvalue weighted by atomic mass is 17.2. The van der Waals surface area contributed by atoms with E-state index in [0.29, 0.717) is 17.7 Å². The lowest BCUT2D eigenvalue weighted by atomic mass is 10.2. The molecule has 0 aromatic heterocycles. The summed E-state index contributed by atoms with van der Waals surface area (Å²) in [6.45, 7) is 5.43. The molecule has 0 heterocycles. The molecular formula is C15H18O7. The van der Waals surface area contributed by atoms with E-state index in [4.69, 9.17) is 15.1 Å². The molecule has 0 aliphatic carbocycles. The summed E-state index contributed by atoms with van der Waals surface area (Å²) in [5, 5.41) is 15.6. The molecule has 0 atom stereocenters. The average Bonchev–Trinajstić information content (AvgIpc) is 2.43. The zero-order chi connectivity index (χ0) is 17.2. The van der Waals surface area contributed by atoms with Gasteiger partial charge in [-0.1, -0.05) is 18.2 Å². The van der Waals surface area contributed by atoms with E-state index in [1.54, 1.807) is 24.3 Å². The molecular weight excluding hydrogens is 292 g/mol. The van der Waals surface area contributed by atoms with Crippen molar-refractivity contribution in [2.75, 3.05) is 0 Å². The van der Waals surface area contributed by atoms with Crippen LogP contribution in [0.3, 0.4) is 0 Å². The Kier molecular flexibility index (Phi) is 8.17.